The summed E-state index contributed by atoms with van der Waals surface area (Å²) in [5.74, 6) is 1.24. The summed E-state index contributed by atoms with van der Waals surface area (Å²) < 4.78 is 0. The van der Waals surface area contributed by atoms with E-state index in [1.807, 2.05) is 66.9 Å². The van der Waals surface area contributed by atoms with Gasteiger partial charge in [0.05, 0.1) is 11.4 Å². The zero-order valence-electron chi connectivity index (χ0n) is 33.1. The number of hydrogen-bond donors (Lipinski definition) is 1. The van der Waals surface area contributed by atoms with Gasteiger partial charge in [-0.15, -0.1) is 0 Å². The standard InChI is InChI=1S/C55H43N3O/c1-38-20-22-40(23-21-38)39(2)41-24-26-45(27-25-41)46-33-48(52-36-47(43-15-7-4-8-16-43)37-53(57-52)51-17-9-10-18-54(51)59)35-50(34-46)58(55-19-11-12-32-56-55)49-30-28-44(29-31-49)42-13-5-3-6-14-42/h3-37,39,59H,1-2H3. The molecule has 0 bridgehead atoms. The van der Waals surface area contributed by atoms with E-state index in [1.165, 1.54) is 16.7 Å². The van der Waals surface area contributed by atoms with Gasteiger partial charge in [0.1, 0.15) is 11.6 Å². The molecule has 284 valence electrons. The Morgan fingerprint density at radius 3 is 1.63 bits per heavy atom. The second kappa shape index (κ2) is 16.5. The molecule has 0 saturated carbocycles. The van der Waals surface area contributed by atoms with Crippen LogP contribution in [0.3, 0.4) is 0 Å². The van der Waals surface area contributed by atoms with Gasteiger partial charge >= 0.3 is 0 Å². The highest BCUT2D eigenvalue weighted by molar-refractivity contribution is 5.86. The fourth-order valence-corrected chi connectivity index (χ4v) is 7.70. The summed E-state index contributed by atoms with van der Waals surface area (Å²) in [6.45, 7) is 4.39. The van der Waals surface area contributed by atoms with Crippen molar-refractivity contribution >= 4 is 17.2 Å². The van der Waals surface area contributed by atoms with Crippen LogP contribution in [0.2, 0.25) is 0 Å². The normalized spacial score (nSPS) is 11.6. The number of pyridine rings is 2. The fourth-order valence-electron chi connectivity index (χ4n) is 7.70. The van der Waals surface area contributed by atoms with Crippen molar-refractivity contribution in [3.63, 3.8) is 0 Å². The molecule has 0 fully saturated rings. The minimum atomic E-state index is 0.186. The average molecular weight is 762 g/mol. The van der Waals surface area contributed by atoms with Gasteiger partial charge in [0.2, 0.25) is 0 Å². The van der Waals surface area contributed by atoms with Gasteiger partial charge in [0.25, 0.3) is 0 Å². The third kappa shape index (κ3) is 8.03. The Labute approximate surface area is 346 Å². The molecule has 1 N–H and O–H groups in total. The number of aromatic hydroxyl groups is 1. The van der Waals surface area contributed by atoms with Crippen LogP contribution >= 0.6 is 0 Å². The van der Waals surface area contributed by atoms with Crippen molar-refractivity contribution in [1.29, 1.82) is 0 Å². The number of phenols is 1. The molecular weight excluding hydrogens is 719 g/mol. The van der Waals surface area contributed by atoms with Crippen LogP contribution in [0.5, 0.6) is 5.75 Å². The van der Waals surface area contributed by atoms with Gasteiger partial charge in [-0.1, -0.05) is 152 Å². The van der Waals surface area contributed by atoms with Crippen molar-refractivity contribution in [3.05, 3.63) is 229 Å². The lowest BCUT2D eigenvalue weighted by Gasteiger charge is -2.26. The molecule has 4 nitrogen and oxygen atoms in total. The molecule has 59 heavy (non-hydrogen) atoms. The molecule has 0 saturated heterocycles. The summed E-state index contributed by atoms with van der Waals surface area (Å²) in [5.41, 5.74) is 15.3. The highest BCUT2D eigenvalue weighted by Gasteiger charge is 2.19. The summed E-state index contributed by atoms with van der Waals surface area (Å²) >= 11 is 0. The number of benzene rings is 7. The van der Waals surface area contributed by atoms with Gasteiger partial charge in [0.15, 0.2) is 0 Å². The maximum Gasteiger partial charge on any atom is 0.137 e. The number of hydrogen-bond acceptors (Lipinski definition) is 4. The molecule has 9 rings (SSSR count). The molecule has 0 amide bonds. The second-order valence-electron chi connectivity index (χ2n) is 15.0. The summed E-state index contributed by atoms with van der Waals surface area (Å²) in [7, 11) is 0. The second-order valence-corrected chi connectivity index (χ2v) is 15.0. The third-order valence-electron chi connectivity index (χ3n) is 11.0. The molecule has 0 aliphatic heterocycles. The zero-order chi connectivity index (χ0) is 40.1. The van der Waals surface area contributed by atoms with Crippen LogP contribution in [0.25, 0.3) is 55.9 Å². The largest absolute Gasteiger partial charge is 0.507 e. The molecule has 2 aromatic heterocycles. The molecule has 1 atom stereocenters. The summed E-state index contributed by atoms with van der Waals surface area (Å²) in [6, 6.07) is 71.5. The Hall–Kier alpha value is -7.56. The van der Waals surface area contributed by atoms with Crippen LogP contribution in [-0.4, -0.2) is 15.1 Å². The van der Waals surface area contributed by atoms with Crippen molar-refractivity contribution in [1.82, 2.24) is 9.97 Å². The number of nitrogens with zero attached hydrogens (tertiary/aromatic N) is 3. The number of rotatable bonds is 10. The Balaban J connectivity index is 1.23. The number of phenolic OH excluding ortho intramolecular Hbond substituents is 1. The van der Waals surface area contributed by atoms with Crippen molar-refractivity contribution in [3.8, 4) is 61.6 Å². The quantitative estimate of drug-likeness (QED) is 0.151. The predicted molar refractivity (Wildman–Crippen MR) is 244 cm³/mol. The molecule has 0 radical (unpaired) electrons. The lowest BCUT2D eigenvalue weighted by Crippen LogP contribution is -2.11. The molecule has 2 heterocycles. The first-order valence-corrected chi connectivity index (χ1v) is 20.0. The Bertz CT molecular complexity index is 2820. The summed E-state index contributed by atoms with van der Waals surface area (Å²) in [5, 5.41) is 11.0. The van der Waals surface area contributed by atoms with Crippen LogP contribution in [0.4, 0.5) is 17.2 Å². The van der Waals surface area contributed by atoms with E-state index in [0.29, 0.717) is 11.3 Å². The highest BCUT2D eigenvalue weighted by Crippen LogP contribution is 2.41. The molecule has 4 heteroatoms. The van der Waals surface area contributed by atoms with Crippen molar-refractivity contribution in [2.24, 2.45) is 0 Å². The molecule has 9 aromatic rings. The van der Waals surface area contributed by atoms with E-state index in [-0.39, 0.29) is 11.7 Å². The van der Waals surface area contributed by atoms with Crippen LogP contribution in [0, 0.1) is 6.92 Å². The molecule has 0 aliphatic carbocycles. The van der Waals surface area contributed by atoms with E-state index in [0.717, 1.165) is 61.8 Å². The highest BCUT2D eigenvalue weighted by atomic mass is 16.3. The van der Waals surface area contributed by atoms with Gasteiger partial charge < -0.3 is 5.11 Å². The molecular formula is C55H43N3O. The van der Waals surface area contributed by atoms with E-state index < -0.39 is 0 Å². The maximum atomic E-state index is 11.0. The van der Waals surface area contributed by atoms with E-state index in [9.17, 15) is 5.11 Å². The summed E-state index contributed by atoms with van der Waals surface area (Å²) in [6.07, 6.45) is 1.84. The third-order valence-corrected chi connectivity index (χ3v) is 11.0. The summed E-state index contributed by atoms with van der Waals surface area (Å²) in [4.78, 5) is 12.4. The molecule has 7 aromatic carbocycles. The van der Waals surface area contributed by atoms with Crippen molar-refractivity contribution in [2.45, 2.75) is 19.8 Å². The van der Waals surface area contributed by atoms with Crippen LogP contribution in [0.15, 0.2) is 212 Å². The zero-order valence-corrected chi connectivity index (χ0v) is 33.1. The fraction of sp³-hybridized carbons (Fsp3) is 0.0545. The average Bonchev–Trinajstić information content (AvgIpc) is 3.30. The van der Waals surface area contributed by atoms with E-state index in [4.69, 9.17) is 9.97 Å². The first-order chi connectivity index (χ1) is 29.0. The topological polar surface area (TPSA) is 49.3 Å². The first kappa shape index (κ1) is 37.0. The van der Waals surface area contributed by atoms with Crippen LogP contribution in [0.1, 0.15) is 29.5 Å². The van der Waals surface area contributed by atoms with Gasteiger partial charge in [-0.3, -0.25) is 4.90 Å². The lowest BCUT2D eigenvalue weighted by atomic mass is 9.91. The smallest absolute Gasteiger partial charge is 0.137 e. The minimum absolute atomic E-state index is 0.186. The Kier molecular flexibility index (Phi) is 10.4. The Morgan fingerprint density at radius 1 is 0.441 bits per heavy atom. The van der Waals surface area contributed by atoms with E-state index in [1.54, 1.807) is 6.07 Å². The van der Waals surface area contributed by atoms with Crippen molar-refractivity contribution < 1.29 is 5.11 Å². The molecule has 0 aliphatic rings. The number of aromatic nitrogens is 2. The molecule has 0 spiro atoms. The number of aryl methyl sites for hydroxylation is 1. The number of anilines is 3. The van der Waals surface area contributed by atoms with Crippen LogP contribution in [-0.2, 0) is 0 Å². The lowest BCUT2D eigenvalue weighted by molar-refractivity contribution is 0.477. The monoisotopic (exact) mass is 761 g/mol. The van der Waals surface area contributed by atoms with Gasteiger partial charge in [-0.05, 0) is 118 Å². The van der Waals surface area contributed by atoms with Crippen LogP contribution < -0.4 is 4.90 Å². The first-order valence-electron chi connectivity index (χ1n) is 20.0. The maximum absolute atomic E-state index is 11.0. The minimum Gasteiger partial charge on any atom is -0.507 e. The van der Waals surface area contributed by atoms with Crippen molar-refractivity contribution in [2.75, 3.05) is 4.90 Å². The SMILES string of the molecule is Cc1ccc(C(C)c2ccc(-c3cc(-c4cc(-c5ccccc5)cc(-c5ccccc5O)n4)cc(N(c4ccc(-c5ccccc5)cc4)c4ccccn4)c3)cc2)cc1. The predicted octanol–water partition coefficient (Wildman–Crippen LogP) is 14.4. The number of para-hydroxylation sites is 1. The van der Waals surface area contributed by atoms with Gasteiger partial charge in [0, 0.05) is 34.6 Å². The Morgan fingerprint density at radius 2 is 0.966 bits per heavy atom. The molecule has 1 unspecified atom stereocenters. The van der Waals surface area contributed by atoms with Gasteiger partial charge in [-0.2, -0.15) is 0 Å². The van der Waals surface area contributed by atoms with E-state index in [2.05, 4.69) is 158 Å². The van der Waals surface area contributed by atoms with Gasteiger partial charge in [-0.25, -0.2) is 9.97 Å². The van der Waals surface area contributed by atoms with E-state index >= 15 is 0 Å².